The van der Waals surface area contributed by atoms with E-state index in [1.165, 1.54) is 19.3 Å². The van der Waals surface area contributed by atoms with Gasteiger partial charge >= 0.3 is 0 Å². The van der Waals surface area contributed by atoms with Crippen molar-refractivity contribution in [3.8, 4) is 0 Å². The van der Waals surface area contributed by atoms with E-state index >= 15 is 0 Å². The Kier molecular flexibility index (Phi) is 2.32. The molecule has 2 saturated carbocycles. The Morgan fingerprint density at radius 2 is 2.27 bits per heavy atom. The van der Waals surface area contributed by atoms with Crippen molar-refractivity contribution in [2.24, 2.45) is 17.8 Å². The first-order valence-electron chi connectivity index (χ1n) is 5.68. The van der Waals surface area contributed by atoms with Crippen molar-refractivity contribution < 1.29 is 0 Å². The summed E-state index contributed by atoms with van der Waals surface area (Å²) in [5.41, 5.74) is 0. The standard InChI is InChI=1S/C12H15ClN2/c13-10-3-4-12(15-7-10)14-6-9-5-11(9)8-1-2-8/h3-4,7-9,11H,1-2,5-6H2,(H,14,15)/t9-,11-/m0/s1. The number of nitrogens with zero attached hydrogens (tertiary/aromatic N) is 1. The molecule has 0 aromatic carbocycles. The van der Waals surface area contributed by atoms with Crippen molar-refractivity contribution in [2.75, 3.05) is 11.9 Å². The second-order valence-electron chi connectivity index (χ2n) is 4.74. The summed E-state index contributed by atoms with van der Waals surface area (Å²) in [7, 11) is 0. The molecule has 0 aliphatic heterocycles. The number of hydrogen-bond acceptors (Lipinski definition) is 2. The summed E-state index contributed by atoms with van der Waals surface area (Å²) in [5, 5.41) is 4.07. The highest BCUT2D eigenvalue weighted by molar-refractivity contribution is 6.30. The van der Waals surface area contributed by atoms with Gasteiger partial charge in [-0.3, -0.25) is 0 Å². The van der Waals surface area contributed by atoms with E-state index in [-0.39, 0.29) is 0 Å². The van der Waals surface area contributed by atoms with Crippen molar-refractivity contribution in [1.82, 2.24) is 4.98 Å². The maximum Gasteiger partial charge on any atom is 0.125 e. The lowest BCUT2D eigenvalue weighted by Crippen LogP contribution is -2.06. The Morgan fingerprint density at radius 1 is 1.40 bits per heavy atom. The molecule has 3 rings (SSSR count). The van der Waals surface area contributed by atoms with Crippen molar-refractivity contribution >= 4 is 17.4 Å². The fourth-order valence-electron chi connectivity index (χ4n) is 2.32. The molecule has 0 unspecified atom stereocenters. The van der Waals surface area contributed by atoms with Crippen molar-refractivity contribution in [3.63, 3.8) is 0 Å². The normalized spacial score (nSPS) is 28.9. The number of rotatable bonds is 4. The number of nitrogens with one attached hydrogen (secondary N) is 1. The van der Waals surface area contributed by atoms with Gasteiger partial charge in [0.25, 0.3) is 0 Å². The highest BCUT2D eigenvalue weighted by Crippen LogP contribution is 2.54. The predicted octanol–water partition coefficient (Wildman–Crippen LogP) is 3.19. The zero-order valence-electron chi connectivity index (χ0n) is 8.62. The number of hydrogen-bond donors (Lipinski definition) is 1. The van der Waals surface area contributed by atoms with Gasteiger partial charge in [0.2, 0.25) is 0 Å². The monoisotopic (exact) mass is 222 g/mol. The van der Waals surface area contributed by atoms with Gasteiger partial charge in [-0.15, -0.1) is 0 Å². The molecule has 1 N–H and O–H groups in total. The van der Waals surface area contributed by atoms with Crippen molar-refractivity contribution in [1.29, 1.82) is 0 Å². The second-order valence-corrected chi connectivity index (χ2v) is 5.18. The molecular formula is C12H15ClN2. The third-order valence-electron chi connectivity index (χ3n) is 3.48. The van der Waals surface area contributed by atoms with Crippen LogP contribution < -0.4 is 5.32 Å². The zero-order valence-corrected chi connectivity index (χ0v) is 9.37. The van der Waals surface area contributed by atoms with Gasteiger partial charge in [0.15, 0.2) is 0 Å². The van der Waals surface area contributed by atoms with Crippen LogP contribution in [0.4, 0.5) is 5.82 Å². The number of pyridine rings is 1. The van der Waals surface area contributed by atoms with Crippen LogP contribution in [0, 0.1) is 17.8 Å². The Labute approximate surface area is 95.0 Å². The van der Waals surface area contributed by atoms with Crippen LogP contribution in [-0.2, 0) is 0 Å². The van der Waals surface area contributed by atoms with Crippen molar-refractivity contribution in [3.05, 3.63) is 23.4 Å². The lowest BCUT2D eigenvalue weighted by Gasteiger charge is -2.04. The molecule has 0 saturated heterocycles. The summed E-state index contributed by atoms with van der Waals surface area (Å²) in [6.07, 6.45) is 6.06. The average Bonchev–Trinajstić information content (AvgIpc) is 3.10. The average molecular weight is 223 g/mol. The highest BCUT2D eigenvalue weighted by atomic mass is 35.5. The molecule has 0 bridgehead atoms. The minimum Gasteiger partial charge on any atom is -0.370 e. The van der Waals surface area contributed by atoms with E-state index in [4.69, 9.17) is 11.6 Å². The van der Waals surface area contributed by atoms with E-state index in [0.29, 0.717) is 5.02 Å². The second kappa shape index (κ2) is 3.67. The first-order chi connectivity index (χ1) is 7.33. The first-order valence-corrected chi connectivity index (χ1v) is 6.06. The van der Waals surface area contributed by atoms with Gasteiger partial charge in [-0.1, -0.05) is 11.6 Å². The quantitative estimate of drug-likeness (QED) is 0.847. The molecular weight excluding hydrogens is 208 g/mol. The molecule has 1 heterocycles. The molecule has 1 aromatic rings. The molecule has 2 nitrogen and oxygen atoms in total. The Morgan fingerprint density at radius 3 is 2.93 bits per heavy atom. The van der Waals surface area contributed by atoms with E-state index in [9.17, 15) is 0 Å². The summed E-state index contributed by atoms with van der Waals surface area (Å²) in [6.45, 7) is 1.08. The van der Waals surface area contributed by atoms with Crippen LogP contribution in [-0.4, -0.2) is 11.5 Å². The van der Waals surface area contributed by atoms with Gasteiger partial charge in [0.1, 0.15) is 5.82 Å². The smallest absolute Gasteiger partial charge is 0.125 e. The van der Waals surface area contributed by atoms with Gasteiger partial charge in [-0.2, -0.15) is 0 Å². The summed E-state index contributed by atoms with van der Waals surface area (Å²) < 4.78 is 0. The van der Waals surface area contributed by atoms with Crippen LogP contribution in [0.3, 0.4) is 0 Å². The van der Waals surface area contributed by atoms with Crippen LogP contribution >= 0.6 is 11.6 Å². The minimum absolute atomic E-state index is 0.697. The van der Waals surface area contributed by atoms with E-state index in [2.05, 4.69) is 10.3 Å². The molecule has 1 aromatic heterocycles. The van der Waals surface area contributed by atoms with Gasteiger partial charge in [-0.25, -0.2) is 4.98 Å². The maximum absolute atomic E-state index is 5.77. The topological polar surface area (TPSA) is 24.9 Å². The molecule has 2 aliphatic rings. The van der Waals surface area contributed by atoms with Crippen LogP contribution in [0.2, 0.25) is 5.02 Å². The molecule has 3 heteroatoms. The fraction of sp³-hybridized carbons (Fsp3) is 0.583. The van der Waals surface area contributed by atoms with Gasteiger partial charge in [0, 0.05) is 12.7 Å². The summed E-state index contributed by atoms with van der Waals surface area (Å²) in [4.78, 5) is 4.22. The van der Waals surface area contributed by atoms with Crippen LogP contribution in [0.1, 0.15) is 19.3 Å². The zero-order chi connectivity index (χ0) is 10.3. The third-order valence-corrected chi connectivity index (χ3v) is 3.70. The molecule has 0 radical (unpaired) electrons. The van der Waals surface area contributed by atoms with E-state index in [0.717, 1.165) is 30.1 Å². The minimum atomic E-state index is 0.697. The van der Waals surface area contributed by atoms with Gasteiger partial charge in [-0.05, 0) is 49.1 Å². The molecule has 0 amide bonds. The Bertz CT molecular complexity index is 345. The summed E-state index contributed by atoms with van der Waals surface area (Å²) in [5.74, 6) is 3.93. The SMILES string of the molecule is Clc1ccc(NC[C@@H]2C[C@H]2C2CC2)nc1. The predicted molar refractivity (Wildman–Crippen MR) is 62.1 cm³/mol. The molecule has 0 spiro atoms. The van der Waals surface area contributed by atoms with E-state index in [1.54, 1.807) is 6.20 Å². The third kappa shape index (κ3) is 2.25. The molecule has 15 heavy (non-hydrogen) atoms. The molecule has 2 atom stereocenters. The molecule has 2 fully saturated rings. The number of halogens is 1. The maximum atomic E-state index is 5.77. The fourth-order valence-corrected chi connectivity index (χ4v) is 2.44. The van der Waals surface area contributed by atoms with E-state index in [1.807, 2.05) is 12.1 Å². The van der Waals surface area contributed by atoms with Crippen LogP contribution in [0.15, 0.2) is 18.3 Å². The van der Waals surface area contributed by atoms with E-state index < -0.39 is 0 Å². The van der Waals surface area contributed by atoms with Crippen molar-refractivity contribution in [2.45, 2.75) is 19.3 Å². The highest BCUT2D eigenvalue weighted by Gasteiger charge is 2.46. The molecule has 2 aliphatic carbocycles. The number of anilines is 1. The van der Waals surface area contributed by atoms with Crippen LogP contribution in [0.5, 0.6) is 0 Å². The van der Waals surface area contributed by atoms with Gasteiger partial charge in [0.05, 0.1) is 5.02 Å². The Balaban J connectivity index is 1.48. The Hall–Kier alpha value is -0.760. The largest absolute Gasteiger partial charge is 0.370 e. The molecule has 80 valence electrons. The lowest BCUT2D eigenvalue weighted by atomic mass is 10.2. The summed E-state index contributed by atoms with van der Waals surface area (Å²) in [6, 6.07) is 3.82. The lowest BCUT2D eigenvalue weighted by molar-refractivity contribution is 0.642. The first kappa shape index (κ1) is 9.46. The van der Waals surface area contributed by atoms with Crippen LogP contribution in [0.25, 0.3) is 0 Å². The number of aromatic nitrogens is 1. The summed E-state index contributed by atoms with van der Waals surface area (Å²) >= 11 is 5.77. The van der Waals surface area contributed by atoms with Gasteiger partial charge < -0.3 is 5.32 Å².